The van der Waals surface area contributed by atoms with Crippen molar-refractivity contribution in [2.75, 3.05) is 54.0 Å². The maximum absolute atomic E-state index is 11.2. The summed E-state index contributed by atoms with van der Waals surface area (Å²) in [5.74, 6) is 0. The van der Waals surface area contributed by atoms with Crippen LogP contribution in [0.5, 0.6) is 0 Å². The monoisotopic (exact) mass is 502 g/mol. The molecule has 4 rings (SSSR count). The topological polar surface area (TPSA) is 154 Å². The number of hydrogen-bond donors (Lipinski definition) is 0. The van der Waals surface area contributed by atoms with Gasteiger partial charge in [-0.25, -0.2) is 0 Å². The highest BCUT2D eigenvalue weighted by atomic mass is 31.2. The molecule has 188 valence electrons. The van der Waals surface area contributed by atoms with Gasteiger partial charge in [-0.05, 0) is 13.8 Å². The van der Waals surface area contributed by atoms with Gasteiger partial charge >= 0.3 is 0 Å². The molecule has 32 heavy (non-hydrogen) atoms. The first-order valence-corrected chi connectivity index (χ1v) is 14.2. The van der Waals surface area contributed by atoms with Crippen LogP contribution < -0.4 is 9.79 Å². The van der Waals surface area contributed by atoms with E-state index < -0.39 is 38.6 Å². The molecule has 4 fully saturated rings. The predicted octanol–water partition coefficient (Wildman–Crippen LogP) is -0.485. The zero-order chi connectivity index (χ0) is 23.9. The molecule has 0 spiro atoms. The fourth-order valence-corrected chi connectivity index (χ4v) is 6.23. The summed E-state index contributed by atoms with van der Waals surface area (Å²) in [6.07, 6.45) is -2.23. The second-order valence-corrected chi connectivity index (χ2v) is 12.3. The lowest BCUT2D eigenvalue weighted by atomic mass is 10.00. The molecule has 4 heterocycles. The largest absolute Gasteiger partial charge is 0.779 e. The van der Waals surface area contributed by atoms with Gasteiger partial charge < -0.3 is 56.4 Å². The Morgan fingerprint density at radius 2 is 1.16 bits per heavy atom. The van der Waals surface area contributed by atoms with Crippen LogP contribution in [-0.4, -0.2) is 102 Å². The molecule has 0 aromatic heterocycles. The standard InChI is InChI=1S/2C9H17O6P/c2*1-6-7-8(15-16(3,10)11)9(14-6,4-12-2)5-13-7/h2*6-8H,4-5H2,1-3H3,(H,10,11)/p-2/t6-,7?,8+,9-;6-,7?,8-,9-/m00/s1. The van der Waals surface area contributed by atoms with Crippen LogP contribution in [0.2, 0.25) is 0 Å². The van der Waals surface area contributed by atoms with Crippen molar-refractivity contribution in [2.45, 2.75) is 61.7 Å². The highest BCUT2D eigenvalue weighted by Crippen LogP contribution is 2.49. The first-order chi connectivity index (χ1) is 14.8. The lowest BCUT2D eigenvalue weighted by Gasteiger charge is -2.31. The Bertz CT molecular complexity index is 692. The first-order valence-electron chi connectivity index (χ1n) is 10.3. The molecule has 10 atom stereocenters. The zero-order valence-corrected chi connectivity index (χ0v) is 20.9. The summed E-state index contributed by atoms with van der Waals surface area (Å²) in [6.45, 7) is 6.91. The molecule has 0 aromatic rings. The van der Waals surface area contributed by atoms with Crippen LogP contribution in [-0.2, 0) is 46.6 Å². The zero-order valence-electron chi connectivity index (χ0n) is 19.1. The summed E-state index contributed by atoms with van der Waals surface area (Å²) in [5, 5.41) is 0. The first kappa shape index (κ1) is 26.7. The Morgan fingerprint density at radius 1 is 0.812 bits per heavy atom. The molecule has 4 bridgehead atoms. The van der Waals surface area contributed by atoms with Crippen molar-refractivity contribution in [2.24, 2.45) is 0 Å². The number of ether oxygens (including phenoxy) is 6. The molecule has 0 aliphatic carbocycles. The normalized spacial score (nSPS) is 45.9. The van der Waals surface area contributed by atoms with E-state index in [4.69, 9.17) is 37.5 Å². The maximum atomic E-state index is 11.2. The minimum atomic E-state index is -3.81. The van der Waals surface area contributed by atoms with Crippen LogP contribution >= 0.6 is 15.2 Å². The number of fused-ring (bicyclic) bond motifs is 4. The summed E-state index contributed by atoms with van der Waals surface area (Å²) < 4.78 is 65.1. The Morgan fingerprint density at radius 3 is 1.41 bits per heavy atom. The highest BCUT2D eigenvalue weighted by Gasteiger charge is 2.62. The van der Waals surface area contributed by atoms with Crippen molar-refractivity contribution >= 4 is 15.2 Å². The molecule has 4 aliphatic rings. The average molecular weight is 502 g/mol. The number of methoxy groups -OCH3 is 2. The summed E-state index contributed by atoms with van der Waals surface area (Å²) in [5.41, 5.74) is -1.57. The van der Waals surface area contributed by atoms with Gasteiger partial charge in [-0.15, -0.1) is 0 Å². The second kappa shape index (κ2) is 9.60. The molecule has 14 heteroatoms. The quantitative estimate of drug-likeness (QED) is 0.394. The van der Waals surface area contributed by atoms with E-state index in [9.17, 15) is 18.9 Å². The van der Waals surface area contributed by atoms with Crippen molar-refractivity contribution < 1.29 is 56.4 Å². The van der Waals surface area contributed by atoms with Crippen LogP contribution in [0.25, 0.3) is 0 Å². The summed E-state index contributed by atoms with van der Waals surface area (Å²) in [6, 6.07) is 0. The summed E-state index contributed by atoms with van der Waals surface area (Å²) >= 11 is 0. The number of hydrogen-bond acceptors (Lipinski definition) is 12. The molecule has 0 aromatic carbocycles. The fourth-order valence-electron chi connectivity index (χ4n) is 4.78. The van der Waals surface area contributed by atoms with Crippen LogP contribution in [0.1, 0.15) is 13.8 Å². The molecule has 0 saturated carbocycles. The van der Waals surface area contributed by atoms with Crippen molar-refractivity contribution in [3.8, 4) is 0 Å². The van der Waals surface area contributed by atoms with Crippen LogP contribution in [0.4, 0.5) is 0 Å². The molecule has 0 amide bonds. The molecule has 0 radical (unpaired) electrons. The van der Waals surface area contributed by atoms with Crippen LogP contribution in [0.3, 0.4) is 0 Å². The molecule has 4 saturated heterocycles. The van der Waals surface area contributed by atoms with Crippen molar-refractivity contribution in [3.63, 3.8) is 0 Å². The van der Waals surface area contributed by atoms with Gasteiger partial charge in [-0.2, -0.15) is 0 Å². The van der Waals surface area contributed by atoms with Gasteiger partial charge in [0.1, 0.15) is 50.8 Å². The Balaban J connectivity index is 0.000000181. The van der Waals surface area contributed by atoms with Gasteiger partial charge in [0.05, 0.1) is 38.6 Å². The van der Waals surface area contributed by atoms with E-state index in [1.54, 1.807) is 0 Å². The van der Waals surface area contributed by atoms with E-state index in [0.29, 0.717) is 13.2 Å². The molecule has 12 nitrogen and oxygen atoms in total. The molecular formula is C18H32O12P2-2. The Hall–Kier alpha value is 0.0600. The van der Waals surface area contributed by atoms with E-state index in [2.05, 4.69) is 0 Å². The van der Waals surface area contributed by atoms with Crippen molar-refractivity contribution in [1.82, 2.24) is 0 Å². The van der Waals surface area contributed by atoms with Crippen LogP contribution in [0, 0.1) is 0 Å². The third-order valence-electron chi connectivity index (χ3n) is 5.83. The third-order valence-corrected chi connectivity index (χ3v) is 7.05. The minimum Gasteiger partial charge on any atom is -0.779 e. The highest BCUT2D eigenvalue weighted by molar-refractivity contribution is 7.50. The minimum absolute atomic E-state index is 0.180. The van der Waals surface area contributed by atoms with Gasteiger partial charge in [-0.3, -0.25) is 0 Å². The maximum Gasteiger partial charge on any atom is 0.144 e. The van der Waals surface area contributed by atoms with Crippen molar-refractivity contribution in [1.29, 1.82) is 0 Å². The van der Waals surface area contributed by atoms with Gasteiger partial charge in [0.15, 0.2) is 0 Å². The Kier molecular flexibility index (Phi) is 8.00. The third kappa shape index (κ3) is 5.48. The van der Waals surface area contributed by atoms with E-state index >= 15 is 0 Å². The van der Waals surface area contributed by atoms with Gasteiger partial charge in [-0.1, -0.05) is 0 Å². The van der Waals surface area contributed by atoms with Gasteiger partial charge in [0.2, 0.25) is 0 Å². The molecule has 4 aliphatic heterocycles. The van der Waals surface area contributed by atoms with Gasteiger partial charge in [0.25, 0.3) is 0 Å². The smallest absolute Gasteiger partial charge is 0.144 e. The van der Waals surface area contributed by atoms with Gasteiger partial charge in [0, 0.05) is 27.5 Å². The van der Waals surface area contributed by atoms with E-state index in [1.165, 1.54) is 14.2 Å². The number of rotatable bonds is 8. The van der Waals surface area contributed by atoms with Crippen molar-refractivity contribution in [3.05, 3.63) is 0 Å². The fraction of sp³-hybridized carbons (Fsp3) is 1.00. The molecule has 4 unspecified atom stereocenters. The molecular weight excluding hydrogens is 470 g/mol. The molecule has 0 N–H and O–H groups in total. The average Bonchev–Trinajstić information content (AvgIpc) is 3.28. The SMILES string of the molecule is COC[C@@]12COC([C@H](C)O1)[C@@H]2OP(C)(=O)[O-].COC[C@@]12COC([C@H](C)O1)[C@H]2OP(C)(=O)[O-]. The predicted molar refractivity (Wildman–Crippen MR) is 107 cm³/mol. The lowest BCUT2D eigenvalue weighted by Crippen LogP contribution is -2.46. The van der Waals surface area contributed by atoms with E-state index in [-0.39, 0.29) is 37.6 Å². The van der Waals surface area contributed by atoms with E-state index in [1.807, 2.05) is 13.8 Å². The summed E-state index contributed by atoms with van der Waals surface area (Å²) in [7, 11) is -4.54. The lowest BCUT2D eigenvalue weighted by molar-refractivity contribution is -0.207. The Labute approximate surface area is 187 Å². The second-order valence-electron chi connectivity index (χ2n) is 8.79. The van der Waals surface area contributed by atoms with E-state index in [0.717, 1.165) is 13.3 Å². The van der Waals surface area contributed by atoms with Crippen LogP contribution in [0.15, 0.2) is 0 Å². The summed E-state index contributed by atoms with van der Waals surface area (Å²) in [4.78, 5) is 22.4.